The molecule has 2 aromatic rings. The predicted molar refractivity (Wildman–Crippen MR) is 110 cm³/mol. The highest BCUT2D eigenvalue weighted by molar-refractivity contribution is 6.25. The zero-order chi connectivity index (χ0) is 20.5. The maximum Gasteiger partial charge on any atom is 0.332 e. The first-order valence-electron chi connectivity index (χ1n) is 10.2. The largest absolute Gasteiger partial charge is 0.335 e. The van der Waals surface area contributed by atoms with Gasteiger partial charge in [0.2, 0.25) is 5.91 Å². The molecule has 3 aliphatic rings. The second kappa shape index (κ2) is 6.05. The fourth-order valence-corrected chi connectivity index (χ4v) is 5.12. The van der Waals surface area contributed by atoms with E-state index in [-0.39, 0.29) is 35.3 Å². The molecule has 0 aliphatic carbocycles. The van der Waals surface area contributed by atoms with Crippen LogP contribution in [0.5, 0.6) is 0 Å². The molecule has 0 radical (unpaired) electrons. The number of nitrogens with zero attached hydrogens (tertiary/aromatic N) is 3. The summed E-state index contributed by atoms with van der Waals surface area (Å²) in [6.07, 6.45) is 1.14. The summed E-state index contributed by atoms with van der Waals surface area (Å²) in [5.41, 5.74) is 0.516. The molecule has 0 unspecified atom stereocenters. The van der Waals surface area contributed by atoms with Crippen LogP contribution in [0.3, 0.4) is 0 Å². The van der Waals surface area contributed by atoms with Crippen LogP contribution >= 0.6 is 0 Å². The zero-order valence-corrected chi connectivity index (χ0v) is 17.0. The van der Waals surface area contributed by atoms with Gasteiger partial charge < -0.3 is 9.80 Å². The van der Waals surface area contributed by atoms with E-state index in [1.807, 2.05) is 68.1 Å². The maximum atomic E-state index is 13.4. The third-order valence-electron chi connectivity index (χ3n) is 6.27. The molecule has 2 aromatic carbocycles. The molecular weight excluding hydrogens is 366 g/mol. The summed E-state index contributed by atoms with van der Waals surface area (Å²) in [5.74, 6) is -0.138. The minimum atomic E-state index is -0.566. The lowest BCUT2D eigenvalue weighted by molar-refractivity contribution is -0.137. The van der Waals surface area contributed by atoms with Gasteiger partial charge in [-0.3, -0.25) is 9.59 Å². The van der Waals surface area contributed by atoms with Gasteiger partial charge in [0.05, 0.1) is 17.8 Å². The molecule has 4 amide bonds. The van der Waals surface area contributed by atoms with Crippen molar-refractivity contribution in [3.8, 4) is 0 Å². The number of benzene rings is 2. The molecule has 0 saturated carbocycles. The molecule has 5 rings (SSSR count). The Kier molecular flexibility index (Phi) is 3.79. The fraction of sp³-hybridized carbons (Fsp3) is 0.435. The van der Waals surface area contributed by atoms with Crippen molar-refractivity contribution in [2.45, 2.75) is 51.7 Å². The molecule has 3 aliphatic heterocycles. The number of fused-ring (bicyclic) bond motifs is 6. The summed E-state index contributed by atoms with van der Waals surface area (Å²) >= 11 is 0. The van der Waals surface area contributed by atoms with E-state index in [4.69, 9.17) is 0 Å². The Balaban J connectivity index is 1.48. The summed E-state index contributed by atoms with van der Waals surface area (Å²) in [6.45, 7) is 6.65. The number of carbonyl (C=O) groups is 3. The molecule has 29 heavy (non-hydrogen) atoms. The summed E-state index contributed by atoms with van der Waals surface area (Å²) in [5, 5.41) is 1.87. The first kappa shape index (κ1) is 18.2. The van der Waals surface area contributed by atoms with E-state index in [1.54, 1.807) is 4.90 Å². The average Bonchev–Trinajstić information content (AvgIpc) is 3.32. The average molecular weight is 391 g/mol. The van der Waals surface area contributed by atoms with E-state index in [9.17, 15) is 14.4 Å². The Bertz CT molecular complexity index is 1040. The van der Waals surface area contributed by atoms with Crippen LogP contribution in [0.2, 0.25) is 0 Å². The summed E-state index contributed by atoms with van der Waals surface area (Å²) in [7, 11) is 0. The molecule has 150 valence electrons. The number of anilines is 1. The molecule has 6 nitrogen and oxygen atoms in total. The number of likely N-dealkylation sites (tertiary alicyclic amines) is 1. The lowest BCUT2D eigenvalue weighted by atomic mass is 9.91. The quantitative estimate of drug-likeness (QED) is 0.737. The number of urea groups is 1. The SMILES string of the molecule is CC(C)(C)CC(=O)N1C[C@@H]2C[C@H]1[C@H]1C(=O)N(c3cccc4ccccc34)C(=O)N21. The van der Waals surface area contributed by atoms with Crippen LogP contribution < -0.4 is 4.90 Å². The van der Waals surface area contributed by atoms with Gasteiger partial charge in [-0.05, 0) is 23.3 Å². The monoisotopic (exact) mass is 391 g/mol. The molecule has 3 fully saturated rings. The third kappa shape index (κ3) is 2.65. The van der Waals surface area contributed by atoms with Crippen molar-refractivity contribution < 1.29 is 14.4 Å². The second-order valence-electron chi connectivity index (χ2n) is 9.55. The van der Waals surface area contributed by atoms with Crippen molar-refractivity contribution in [3.63, 3.8) is 0 Å². The van der Waals surface area contributed by atoms with Gasteiger partial charge in [0.1, 0.15) is 6.04 Å². The van der Waals surface area contributed by atoms with Crippen LogP contribution in [-0.2, 0) is 9.59 Å². The minimum Gasteiger partial charge on any atom is -0.335 e. The molecular formula is C23H25N3O3. The van der Waals surface area contributed by atoms with Crippen molar-refractivity contribution in [2.75, 3.05) is 11.4 Å². The van der Waals surface area contributed by atoms with Crippen molar-refractivity contribution in [2.24, 2.45) is 5.41 Å². The lowest BCUT2D eigenvalue weighted by Gasteiger charge is -2.36. The van der Waals surface area contributed by atoms with E-state index < -0.39 is 6.04 Å². The highest BCUT2D eigenvalue weighted by atomic mass is 16.2. The smallest absolute Gasteiger partial charge is 0.332 e. The molecule has 0 spiro atoms. The Morgan fingerprint density at radius 3 is 2.55 bits per heavy atom. The first-order chi connectivity index (χ1) is 13.8. The molecule has 3 atom stereocenters. The number of carbonyl (C=O) groups excluding carboxylic acids is 3. The molecule has 2 bridgehead atoms. The van der Waals surface area contributed by atoms with Crippen LogP contribution in [0.15, 0.2) is 42.5 Å². The summed E-state index contributed by atoms with van der Waals surface area (Å²) in [4.78, 5) is 44.4. The van der Waals surface area contributed by atoms with Gasteiger partial charge in [0.25, 0.3) is 5.91 Å². The van der Waals surface area contributed by atoms with E-state index >= 15 is 0 Å². The molecule has 3 heterocycles. The number of piperazine rings is 1. The van der Waals surface area contributed by atoms with Gasteiger partial charge in [-0.15, -0.1) is 0 Å². The van der Waals surface area contributed by atoms with Crippen molar-refractivity contribution in [1.82, 2.24) is 9.80 Å². The highest BCUT2D eigenvalue weighted by Gasteiger charge is 2.62. The van der Waals surface area contributed by atoms with Gasteiger partial charge in [0, 0.05) is 18.4 Å². The van der Waals surface area contributed by atoms with Gasteiger partial charge >= 0.3 is 6.03 Å². The van der Waals surface area contributed by atoms with Gasteiger partial charge in [-0.25, -0.2) is 9.69 Å². The number of amides is 4. The summed E-state index contributed by atoms with van der Waals surface area (Å²) in [6, 6.07) is 12.3. The van der Waals surface area contributed by atoms with Gasteiger partial charge in [0.15, 0.2) is 0 Å². The second-order valence-corrected chi connectivity index (χ2v) is 9.55. The van der Waals surface area contributed by atoms with Crippen LogP contribution in [0, 0.1) is 5.41 Å². The summed E-state index contributed by atoms with van der Waals surface area (Å²) < 4.78 is 0. The Morgan fingerprint density at radius 2 is 1.79 bits per heavy atom. The van der Waals surface area contributed by atoms with E-state index in [0.29, 0.717) is 25.1 Å². The van der Waals surface area contributed by atoms with Crippen LogP contribution in [0.4, 0.5) is 10.5 Å². The molecule has 0 N–H and O–H groups in total. The van der Waals surface area contributed by atoms with Crippen LogP contribution in [-0.4, -0.2) is 52.3 Å². The topological polar surface area (TPSA) is 60.9 Å². The lowest BCUT2D eigenvalue weighted by Crippen LogP contribution is -2.55. The van der Waals surface area contributed by atoms with Crippen molar-refractivity contribution >= 4 is 34.3 Å². The van der Waals surface area contributed by atoms with E-state index in [0.717, 1.165) is 10.8 Å². The Labute approximate surface area is 170 Å². The molecule has 0 aromatic heterocycles. The number of hydrogen-bond donors (Lipinski definition) is 0. The zero-order valence-electron chi connectivity index (χ0n) is 17.0. The predicted octanol–water partition coefficient (Wildman–Crippen LogP) is 3.40. The Morgan fingerprint density at radius 1 is 1.07 bits per heavy atom. The van der Waals surface area contributed by atoms with Gasteiger partial charge in [-0.2, -0.15) is 0 Å². The maximum absolute atomic E-state index is 13.4. The molecule has 6 heteroatoms. The van der Waals surface area contributed by atoms with E-state index in [2.05, 4.69) is 0 Å². The van der Waals surface area contributed by atoms with Crippen LogP contribution in [0.1, 0.15) is 33.6 Å². The van der Waals surface area contributed by atoms with Crippen molar-refractivity contribution in [1.29, 1.82) is 0 Å². The number of imide groups is 1. The minimum absolute atomic E-state index is 0.0773. The first-order valence-corrected chi connectivity index (χ1v) is 10.2. The number of rotatable bonds is 2. The van der Waals surface area contributed by atoms with Crippen LogP contribution in [0.25, 0.3) is 10.8 Å². The molecule has 3 saturated heterocycles. The van der Waals surface area contributed by atoms with Gasteiger partial charge in [-0.1, -0.05) is 57.2 Å². The third-order valence-corrected chi connectivity index (χ3v) is 6.27. The highest BCUT2D eigenvalue weighted by Crippen LogP contribution is 2.44. The van der Waals surface area contributed by atoms with Crippen molar-refractivity contribution in [3.05, 3.63) is 42.5 Å². The standard InChI is InChI=1S/C23H25N3O3/c1-23(2,3)12-19(27)24-13-15-11-18(24)20-21(28)26(22(29)25(15)20)17-10-6-8-14-7-4-5-9-16(14)17/h4-10,15,18,20H,11-13H2,1-3H3/t15-,18-,20-/m0/s1. The normalized spacial score (nSPS) is 26.0. The fourth-order valence-electron chi connectivity index (χ4n) is 5.12. The Hall–Kier alpha value is -2.89. The van der Waals surface area contributed by atoms with E-state index in [1.165, 1.54) is 4.90 Å². The number of hydrogen-bond acceptors (Lipinski definition) is 3.